The van der Waals surface area contributed by atoms with Crippen LogP contribution >= 0.6 is 0 Å². The summed E-state index contributed by atoms with van der Waals surface area (Å²) in [5, 5.41) is 5.65. The second kappa shape index (κ2) is 5.51. The van der Waals surface area contributed by atoms with Gasteiger partial charge in [-0.1, -0.05) is 26.0 Å². The second-order valence-corrected chi connectivity index (χ2v) is 3.86. The van der Waals surface area contributed by atoms with Crippen LogP contribution in [-0.2, 0) is 4.79 Å². The summed E-state index contributed by atoms with van der Waals surface area (Å²) in [7, 11) is 1.75. The molecule has 82 valence electrons. The van der Waals surface area contributed by atoms with Gasteiger partial charge in [-0.15, -0.1) is 0 Å². The fourth-order valence-corrected chi connectivity index (χ4v) is 1.34. The Morgan fingerprint density at radius 3 is 2.73 bits per heavy atom. The molecule has 0 saturated carbocycles. The molecule has 1 aromatic rings. The quantitative estimate of drug-likeness (QED) is 0.790. The molecular formula is C12H18N2O. The van der Waals surface area contributed by atoms with Crippen molar-refractivity contribution in [1.82, 2.24) is 5.32 Å². The van der Waals surface area contributed by atoms with Crippen molar-refractivity contribution in [3.05, 3.63) is 29.8 Å². The van der Waals surface area contributed by atoms with Gasteiger partial charge in [-0.2, -0.15) is 0 Å². The lowest BCUT2D eigenvalue weighted by molar-refractivity contribution is -0.115. The van der Waals surface area contributed by atoms with E-state index < -0.39 is 0 Å². The third-order valence-electron chi connectivity index (χ3n) is 2.17. The molecule has 3 nitrogen and oxygen atoms in total. The van der Waals surface area contributed by atoms with Crippen LogP contribution in [0.2, 0.25) is 0 Å². The predicted octanol–water partition coefficient (Wildman–Crippen LogP) is 1.97. The number of amides is 1. The van der Waals surface area contributed by atoms with Gasteiger partial charge in [-0.3, -0.25) is 4.79 Å². The van der Waals surface area contributed by atoms with E-state index in [-0.39, 0.29) is 5.91 Å². The number of benzene rings is 1. The minimum Gasteiger partial charge on any atom is -0.325 e. The van der Waals surface area contributed by atoms with Gasteiger partial charge in [0.05, 0.1) is 6.54 Å². The lowest BCUT2D eigenvalue weighted by Crippen LogP contribution is -2.25. The average Bonchev–Trinajstić information content (AvgIpc) is 2.18. The van der Waals surface area contributed by atoms with Crippen LogP contribution in [0.5, 0.6) is 0 Å². The van der Waals surface area contributed by atoms with Crippen molar-refractivity contribution in [2.24, 2.45) is 0 Å². The monoisotopic (exact) mass is 206 g/mol. The van der Waals surface area contributed by atoms with Gasteiger partial charge in [0.2, 0.25) is 5.91 Å². The Balaban J connectivity index is 2.69. The van der Waals surface area contributed by atoms with Gasteiger partial charge >= 0.3 is 0 Å². The van der Waals surface area contributed by atoms with Gasteiger partial charge in [-0.25, -0.2) is 0 Å². The second-order valence-electron chi connectivity index (χ2n) is 3.86. The van der Waals surface area contributed by atoms with Crippen molar-refractivity contribution >= 4 is 11.6 Å². The smallest absolute Gasteiger partial charge is 0.238 e. The Morgan fingerprint density at radius 2 is 2.13 bits per heavy atom. The van der Waals surface area contributed by atoms with Gasteiger partial charge < -0.3 is 10.6 Å². The van der Waals surface area contributed by atoms with E-state index in [4.69, 9.17) is 0 Å². The van der Waals surface area contributed by atoms with Gasteiger partial charge in [0.25, 0.3) is 0 Å². The molecule has 15 heavy (non-hydrogen) atoms. The van der Waals surface area contributed by atoms with Crippen molar-refractivity contribution in [2.45, 2.75) is 19.8 Å². The topological polar surface area (TPSA) is 41.1 Å². The van der Waals surface area contributed by atoms with Crippen LogP contribution in [0.3, 0.4) is 0 Å². The summed E-state index contributed by atoms with van der Waals surface area (Å²) in [6.07, 6.45) is 0. The zero-order chi connectivity index (χ0) is 11.3. The first kappa shape index (κ1) is 11.7. The van der Waals surface area contributed by atoms with Gasteiger partial charge in [0.15, 0.2) is 0 Å². The maximum atomic E-state index is 11.3. The molecule has 2 N–H and O–H groups in total. The molecular weight excluding hydrogens is 188 g/mol. The van der Waals surface area contributed by atoms with Crippen molar-refractivity contribution < 1.29 is 4.79 Å². The summed E-state index contributed by atoms with van der Waals surface area (Å²) in [6.45, 7) is 4.61. The standard InChI is InChI=1S/C12H18N2O/c1-9(2)10-5-4-6-11(7-10)14-12(15)8-13-3/h4-7,9,13H,8H2,1-3H3,(H,14,15). The maximum absolute atomic E-state index is 11.3. The van der Waals surface area contributed by atoms with Crippen LogP contribution in [0.15, 0.2) is 24.3 Å². The Hall–Kier alpha value is -1.35. The molecule has 0 heterocycles. The van der Waals surface area contributed by atoms with Crippen LogP contribution in [-0.4, -0.2) is 19.5 Å². The Kier molecular flexibility index (Phi) is 4.31. The molecule has 0 aliphatic rings. The number of rotatable bonds is 4. The van der Waals surface area contributed by atoms with E-state index in [9.17, 15) is 4.79 Å². The number of likely N-dealkylation sites (N-methyl/N-ethyl adjacent to an activating group) is 1. The highest BCUT2D eigenvalue weighted by molar-refractivity contribution is 5.92. The largest absolute Gasteiger partial charge is 0.325 e. The van der Waals surface area contributed by atoms with Crippen molar-refractivity contribution in [2.75, 3.05) is 18.9 Å². The van der Waals surface area contributed by atoms with E-state index >= 15 is 0 Å². The first-order chi connectivity index (χ1) is 7.13. The van der Waals surface area contributed by atoms with Crippen LogP contribution in [0.25, 0.3) is 0 Å². The van der Waals surface area contributed by atoms with Crippen LogP contribution in [0.1, 0.15) is 25.3 Å². The van der Waals surface area contributed by atoms with E-state index in [1.807, 2.05) is 18.2 Å². The molecule has 3 heteroatoms. The number of hydrogen-bond acceptors (Lipinski definition) is 2. The summed E-state index contributed by atoms with van der Waals surface area (Å²) in [4.78, 5) is 11.3. The van der Waals surface area contributed by atoms with E-state index in [0.29, 0.717) is 12.5 Å². The van der Waals surface area contributed by atoms with E-state index in [2.05, 4.69) is 30.5 Å². The molecule has 0 fully saturated rings. The summed E-state index contributed by atoms with van der Waals surface area (Å²) in [6, 6.07) is 7.94. The van der Waals surface area contributed by atoms with Gasteiger partial charge in [0.1, 0.15) is 0 Å². The summed E-state index contributed by atoms with van der Waals surface area (Å²) >= 11 is 0. The normalized spacial score (nSPS) is 10.4. The van der Waals surface area contributed by atoms with Gasteiger partial charge in [0, 0.05) is 5.69 Å². The number of hydrogen-bond donors (Lipinski definition) is 2. The van der Waals surface area contributed by atoms with Crippen LogP contribution < -0.4 is 10.6 Å². The molecule has 1 amide bonds. The van der Waals surface area contributed by atoms with Crippen molar-refractivity contribution in [1.29, 1.82) is 0 Å². The molecule has 0 aliphatic carbocycles. The van der Waals surface area contributed by atoms with Gasteiger partial charge in [-0.05, 0) is 30.7 Å². The minimum atomic E-state index is -0.0154. The minimum absolute atomic E-state index is 0.0154. The first-order valence-corrected chi connectivity index (χ1v) is 5.18. The third kappa shape index (κ3) is 3.72. The summed E-state index contributed by atoms with van der Waals surface area (Å²) in [5.41, 5.74) is 2.10. The summed E-state index contributed by atoms with van der Waals surface area (Å²) < 4.78 is 0. The van der Waals surface area contributed by atoms with E-state index in [1.54, 1.807) is 7.05 Å². The fraction of sp³-hybridized carbons (Fsp3) is 0.417. The highest BCUT2D eigenvalue weighted by atomic mass is 16.1. The Morgan fingerprint density at radius 1 is 1.40 bits per heavy atom. The van der Waals surface area contributed by atoms with Crippen LogP contribution in [0.4, 0.5) is 5.69 Å². The molecule has 0 unspecified atom stereocenters. The molecule has 0 atom stereocenters. The molecule has 0 aliphatic heterocycles. The zero-order valence-electron chi connectivity index (χ0n) is 9.50. The Bertz CT molecular complexity index is 334. The average molecular weight is 206 g/mol. The predicted molar refractivity (Wildman–Crippen MR) is 63.1 cm³/mol. The van der Waals surface area contributed by atoms with E-state index in [1.165, 1.54) is 5.56 Å². The number of carbonyl (C=O) groups excluding carboxylic acids is 1. The highest BCUT2D eigenvalue weighted by Crippen LogP contribution is 2.18. The molecule has 0 radical (unpaired) electrons. The fourth-order valence-electron chi connectivity index (χ4n) is 1.34. The van der Waals surface area contributed by atoms with E-state index in [0.717, 1.165) is 5.69 Å². The summed E-state index contributed by atoms with van der Waals surface area (Å²) in [5.74, 6) is 0.463. The lowest BCUT2D eigenvalue weighted by atomic mass is 10.0. The van der Waals surface area contributed by atoms with Crippen molar-refractivity contribution in [3.63, 3.8) is 0 Å². The highest BCUT2D eigenvalue weighted by Gasteiger charge is 2.03. The molecule has 1 aromatic carbocycles. The number of anilines is 1. The molecule has 0 saturated heterocycles. The first-order valence-electron chi connectivity index (χ1n) is 5.18. The maximum Gasteiger partial charge on any atom is 0.238 e. The number of nitrogens with one attached hydrogen (secondary N) is 2. The molecule has 0 spiro atoms. The van der Waals surface area contributed by atoms with Crippen molar-refractivity contribution in [3.8, 4) is 0 Å². The molecule has 0 aromatic heterocycles. The lowest BCUT2D eigenvalue weighted by Gasteiger charge is -2.09. The third-order valence-corrected chi connectivity index (χ3v) is 2.17. The number of carbonyl (C=O) groups is 1. The Labute approximate surface area is 90.9 Å². The van der Waals surface area contributed by atoms with Crippen LogP contribution in [0, 0.1) is 0 Å². The SMILES string of the molecule is CNCC(=O)Nc1cccc(C(C)C)c1. The zero-order valence-corrected chi connectivity index (χ0v) is 9.50. The molecule has 0 bridgehead atoms. The molecule has 1 rings (SSSR count).